The summed E-state index contributed by atoms with van der Waals surface area (Å²) < 4.78 is 0. The van der Waals surface area contributed by atoms with Crippen LogP contribution in [0.1, 0.15) is 85.0 Å². The van der Waals surface area contributed by atoms with Crippen molar-refractivity contribution < 1.29 is 4.79 Å². The van der Waals surface area contributed by atoms with Crippen LogP contribution in [0.5, 0.6) is 0 Å². The number of rotatable bonds is 12. The molecule has 0 aliphatic carbocycles. The molecule has 0 aliphatic rings. The minimum atomic E-state index is 0.0477. The Morgan fingerprint density at radius 2 is 1.44 bits per heavy atom. The number of nitrogens with two attached hydrogens (primary N) is 1. The van der Waals surface area contributed by atoms with E-state index in [4.69, 9.17) is 5.73 Å². The molecule has 0 spiro atoms. The van der Waals surface area contributed by atoms with Gasteiger partial charge in [0.05, 0.1) is 0 Å². The maximum Gasteiger partial charge on any atom is 0.134 e. The van der Waals surface area contributed by atoms with E-state index < -0.39 is 0 Å². The summed E-state index contributed by atoms with van der Waals surface area (Å²) in [6.45, 7) is 6.40. The molecule has 0 heterocycles. The molecule has 0 fully saturated rings. The molecule has 0 amide bonds. The fourth-order valence-corrected chi connectivity index (χ4v) is 2.06. The molecule has 0 aromatic carbocycles. The van der Waals surface area contributed by atoms with E-state index in [9.17, 15) is 4.79 Å². The number of carbonyl (C=O) groups excluding carboxylic acids is 1. The Balaban J connectivity index is 3.30. The first-order chi connectivity index (χ1) is 8.57. The predicted molar refractivity (Wildman–Crippen MR) is 79.7 cm³/mol. The second kappa shape index (κ2) is 11.7. The average Bonchev–Trinajstić information content (AvgIpc) is 2.32. The van der Waals surface area contributed by atoms with Crippen molar-refractivity contribution in [3.05, 3.63) is 0 Å². The second-order valence-corrected chi connectivity index (χ2v) is 5.88. The van der Waals surface area contributed by atoms with E-state index in [-0.39, 0.29) is 6.04 Å². The number of unbranched alkanes of at least 4 members (excludes halogenated alkanes) is 7. The molecule has 108 valence electrons. The Bertz CT molecular complexity index is 201. The van der Waals surface area contributed by atoms with Gasteiger partial charge in [-0.2, -0.15) is 0 Å². The van der Waals surface area contributed by atoms with Gasteiger partial charge in [-0.05, 0) is 12.3 Å². The predicted octanol–water partition coefficient (Wildman–Crippen LogP) is 4.46. The molecule has 2 nitrogen and oxygen atoms in total. The van der Waals surface area contributed by atoms with Gasteiger partial charge in [0.2, 0.25) is 0 Å². The van der Waals surface area contributed by atoms with Crippen LogP contribution >= 0.6 is 0 Å². The summed E-state index contributed by atoms with van der Waals surface area (Å²) in [7, 11) is 0. The Kier molecular flexibility index (Phi) is 11.5. The van der Waals surface area contributed by atoms with Gasteiger partial charge in [-0.3, -0.25) is 4.79 Å². The van der Waals surface area contributed by atoms with Gasteiger partial charge < -0.3 is 5.73 Å². The third-order valence-electron chi connectivity index (χ3n) is 3.63. The summed E-state index contributed by atoms with van der Waals surface area (Å²) in [6, 6.07) is 0.0477. The van der Waals surface area contributed by atoms with Crippen LogP contribution in [0.15, 0.2) is 0 Å². The maximum absolute atomic E-state index is 11.7. The van der Waals surface area contributed by atoms with E-state index in [1.165, 1.54) is 44.9 Å². The Labute approximate surface area is 114 Å². The zero-order valence-electron chi connectivity index (χ0n) is 12.7. The van der Waals surface area contributed by atoms with Crippen molar-refractivity contribution >= 4 is 5.78 Å². The Hall–Kier alpha value is -0.370. The van der Waals surface area contributed by atoms with Gasteiger partial charge >= 0.3 is 0 Å². The first-order valence-corrected chi connectivity index (χ1v) is 7.85. The third-order valence-corrected chi connectivity index (χ3v) is 3.63. The highest BCUT2D eigenvalue weighted by Gasteiger charge is 2.12. The smallest absolute Gasteiger partial charge is 0.134 e. The van der Waals surface area contributed by atoms with Crippen molar-refractivity contribution in [1.82, 2.24) is 0 Å². The van der Waals surface area contributed by atoms with Crippen LogP contribution in [0.25, 0.3) is 0 Å². The van der Waals surface area contributed by atoms with Crippen LogP contribution in [0.3, 0.4) is 0 Å². The van der Waals surface area contributed by atoms with Gasteiger partial charge in [-0.1, -0.05) is 65.7 Å². The van der Waals surface area contributed by atoms with E-state index in [1.54, 1.807) is 0 Å². The SMILES string of the molecule is CCCCCCCCCCC(=O)CC(N)C(C)C. The van der Waals surface area contributed by atoms with Crippen LogP contribution in [0.2, 0.25) is 0 Å². The summed E-state index contributed by atoms with van der Waals surface area (Å²) in [5.41, 5.74) is 5.89. The lowest BCUT2D eigenvalue weighted by atomic mass is 9.97. The van der Waals surface area contributed by atoms with Crippen LogP contribution < -0.4 is 5.73 Å². The first-order valence-electron chi connectivity index (χ1n) is 7.85. The maximum atomic E-state index is 11.7. The van der Waals surface area contributed by atoms with Gasteiger partial charge in [-0.15, -0.1) is 0 Å². The molecular formula is C16H33NO. The van der Waals surface area contributed by atoms with Gasteiger partial charge in [0.1, 0.15) is 5.78 Å². The van der Waals surface area contributed by atoms with Crippen LogP contribution in [0, 0.1) is 5.92 Å². The van der Waals surface area contributed by atoms with Crippen LogP contribution in [0.4, 0.5) is 0 Å². The molecule has 0 aromatic heterocycles. The topological polar surface area (TPSA) is 43.1 Å². The fraction of sp³-hybridized carbons (Fsp3) is 0.938. The van der Waals surface area contributed by atoms with E-state index in [0.717, 1.165) is 12.8 Å². The van der Waals surface area contributed by atoms with Crippen LogP contribution in [-0.2, 0) is 4.79 Å². The molecule has 2 heteroatoms. The summed E-state index contributed by atoms with van der Waals surface area (Å²) >= 11 is 0. The molecule has 1 unspecified atom stereocenters. The highest BCUT2D eigenvalue weighted by molar-refractivity contribution is 5.78. The summed E-state index contributed by atoms with van der Waals surface area (Å²) in [4.78, 5) is 11.7. The molecule has 0 saturated carbocycles. The van der Waals surface area contributed by atoms with Gasteiger partial charge in [-0.25, -0.2) is 0 Å². The Morgan fingerprint density at radius 3 is 1.94 bits per heavy atom. The number of hydrogen-bond donors (Lipinski definition) is 1. The second-order valence-electron chi connectivity index (χ2n) is 5.88. The monoisotopic (exact) mass is 255 g/mol. The molecule has 0 saturated heterocycles. The largest absolute Gasteiger partial charge is 0.327 e. The molecular weight excluding hydrogens is 222 g/mol. The van der Waals surface area contributed by atoms with Crippen LogP contribution in [-0.4, -0.2) is 11.8 Å². The third kappa shape index (κ3) is 10.8. The summed E-state index contributed by atoms with van der Waals surface area (Å²) in [5, 5.41) is 0. The number of ketones is 1. The molecule has 0 bridgehead atoms. The quantitative estimate of drug-likeness (QED) is 0.523. The first kappa shape index (κ1) is 17.6. The van der Waals surface area contributed by atoms with Crippen molar-refractivity contribution in [2.45, 2.75) is 91.0 Å². The highest BCUT2D eigenvalue weighted by Crippen LogP contribution is 2.11. The standard InChI is InChI=1S/C16H33NO/c1-4-5-6-7-8-9-10-11-12-15(18)13-16(17)14(2)3/h14,16H,4-13,17H2,1-3H3. The van der Waals surface area contributed by atoms with E-state index in [0.29, 0.717) is 18.1 Å². The van der Waals surface area contributed by atoms with Crippen molar-refractivity contribution in [2.75, 3.05) is 0 Å². The van der Waals surface area contributed by atoms with Crippen molar-refractivity contribution in [3.8, 4) is 0 Å². The zero-order chi connectivity index (χ0) is 13.8. The zero-order valence-corrected chi connectivity index (χ0v) is 12.7. The van der Waals surface area contributed by atoms with Crippen molar-refractivity contribution in [1.29, 1.82) is 0 Å². The Morgan fingerprint density at radius 1 is 0.944 bits per heavy atom. The van der Waals surface area contributed by atoms with Gasteiger partial charge in [0, 0.05) is 18.9 Å². The molecule has 0 aromatic rings. The molecule has 0 rings (SSSR count). The fourth-order valence-electron chi connectivity index (χ4n) is 2.06. The number of carbonyl (C=O) groups is 1. The molecule has 2 N–H and O–H groups in total. The van der Waals surface area contributed by atoms with Gasteiger partial charge in [0.15, 0.2) is 0 Å². The lowest BCUT2D eigenvalue weighted by Gasteiger charge is -2.14. The lowest BCUT2D eigenvalue weighted by Crippen LogP contribution is -2.29. The van der Waals surface area contributed by atoms with E-state index in [1.807, 2.05) is 0 Å². The number of Topliss-reactive ketones (excluding diaryl/α,β-unsaturated/α-hetero) is 1. The molecule has 0 radical (unpaired) electrons. The van der Waals surface area contributed by atoms with Crippen molar-refractivity contribution in [3.63, 3.8) is 0 Å². The number of hydrogen-bond acceptors (Lipinski definition) is 2. The van der Waals surface area contributed by atoms with Gasteiger partial charge in [0.25, 0.3) is 0 Å². The molecule has 18 heavy (non-hydrogen) atoms. The average molecular weight is 255 g/mol. The minimum Gasteiger partial charge on any atom is -0.327 e. The van der Waals surface area contributed by atoms with Crippen molar-refractivity contribution in [2.24, 2.45) is 11.7 Å². The minimum absolute atomic E-state index is 0.0477. The van der Waals surface area contributed by atoms with E-state index in [2.05, 4.69) is 20.8 Å². The summed E-state index contributed by atoms with van der Waals surface area (Å²) in [6.07, 6.45) is 11.6. The lowest BCUT2D eigenvalue weighted by molar-refractivity contribution is -0.119. The summed E-state index contributed by atoms with van der Waals surface area (Å²) in [5.74, 6) is 0.759. The molecule has 0 aliphatic heterocycles. The highest BCUT2D eigenvalue weighted by atomic mass is 16.1. The molecule has 1 atom stereocenters. The van der Waals surface area contributed by atoms with E-state index >= 15 is 0 Å². The normalized spacial score (nSPS) is 12.9.